The zero-order valence-electron chi connectivity index (χ0n) is 20.9. The molecule has 0 bridgehead atoms. The fraction of sp³-hybridized carbons (Fsp3) is 0.0857. The molecule has 0 saturated heterocycles. The van der Waals surface area contributed by atoms with Gasteiger partial charge in [0, 0.05) is 22.1 Å². The lowest BCUT2D eigenvalue weighted by molar-refractivity contribution is 0.641. The molecule has 0 atom stereocenters. The normalized spacial score (nSPS) is 13.4. The zero-order valence-corrected chi connectivity index (χ0v) is 20.9. The van der Waals surface area contributed by atoms with E-state index < -0.39 is 0 Å². The van der Waals surface area contributed by atoms with E-state index in [9.17, 15) is 0 Å². The fourth-order valence-electron chi connectivity index (χ4n) is 5.84. The van der Waals surface area contributed by atoms with Gasteiger partial charge in [-0.05, 0) is 39.1 Å². The number of hydrogen-bond acceptors (Lipinski definition) is 2. The third-order valence-corrected chi connectivity index (χ3v) is 7.60. The molecule has 2 heteroatoms. The van der Waals surface area contributed by atoms with Crippen molar-refractivity contribution in [1.82, 2.24) is 9.97 Å². The minimum absolute atomic E-state index is 0.260. The largest absolute Gasteiger partial charge is 0.231 e. The van der Waals surface area contributed by atoms with Crippen LogP contribution in [-0.2, 0) is 5.41 Å². The second-order valence-electron chi connectivity index (χ2n) is 10.3. The maximum atomic E-state index is 5.25. The number of rotatable bonds is 3. The van der Waals surface area contributed by atoms with Gasteiger partial charge in [0.25, 0.3) is 0 Å². The molecule has 0 aliphatic heterocycles. The van der Waals surface area contributed by atoms with Gasteiger partial charge in [-0.15, -0.1) is 0 Å². The molecule has 0 amide bonds. The Labute approximate surface area is 217 Å². The van der Waals surface area contributed by atoms with Gasteiger partial charge >= 0.3 is 0 Å². The number of benzene rings is 5. The number of nitrogens with zero attached hydrogens (tertiary/aromatic N) is 2. The van der Waals surface area contributed by atoms with Crippen molar-refractivity contribution in [2.45, 2.75) is 19.3 Å². The Morgan fingerprint density at radius 3 is 1.97 bits per heavy atom. The summed E-state index contributed by atoms with van der Waals surface area (Å²) in [7, 11) is 0. The number of fused-ring (bicyclic) bond motifs is 5. The lowest BCUT2D eigenvalue weighted by Gasteiger charge is -2.22. The highest BCUT2D eigenvalue weighted by Crippen LogP contribution is 2.53. The molecule has 0 unspecified atom stereocenters. The van der Waals surface area contributed by atoms with Crippen molar-refractivity contribution in [2.24, 2.45) is 0 Å². The smallest absolute Gasteiger partial charge is 0.160 e. The molecule has 6 aromatic rings. The van der Waals surface area contributed by atoms with Crippen LogP contribution in [0.25, 0.3) is 55.7 Å². The zero-order chi connectivity index (χ0) is 25.0. The molecule has 0 saturated carbocycles. The topological polar surface area (TPSA) is 25.8 Å². The van der Waals surface area contributed by atoms with Crippen LogP contribution in [0, 0.1) is 0 Å². The molecule has 0 spiro atoms. The molecule has 37 heavy (non-hydrogen) atoms. The third-order valence-electron chi connectivity index (χ3n) is 7.60. The Kier molecular flexibility index (Phi) is 4.84. The van der Waals surface area contributed by atoms with Gasteiger partial charge in [-0.25, -0.2) is 9.97 Å². The van der Waals surface area contributed by atoms with Crippen LogP contribution >= 0.6 is 0 Å². The fourth-order valence-corrected chi connectivity index (χ4v) is 5.84. The summed E-state index contributed by atoms with van der Waals surface area (Å²) in [4.78, 5) is 10.5. The molecule has 1 aromatic heterocycles. The molecule has 7 rings (SSSR count). The molecule has 0 fully saturated rings. The molecule has 1 aliphatic rings. The maximum absolute atomic E-state index is 5.25. The van der Waals surface area contributed by atoms with E-state index in [1.807, 2.05) is 6.07 Å². The van der Waals surface area contributed by atoms with Crippen LogP contribution in [0.3, 0.4) is 0 Å². The van der Waals surface area contributed by atoms with Gasteiger partial charge in [-0.1, -0.05) is 129 Å². The monoisotopic (exact) mass is 474 g/mol. The van der Waals surface area contributed by atoms with E-state index in [1.165, 1.54) is 33.0 Å². The summed E-state index contributed by atoms with van der Waals surface area (Å²) >= 11 is 0. The van der Waals surface area contributed by atoms with E-state index in [0.29, 0.717) is 0 Å². The Bertz CT molecular complexity index is 1780. The van der Waals surface area contributed by atoms with Crippen LogP contribution in [0.1, 0.15) is 25.1 Å². The van der Waals surface area contributed by atoms with Crippen LogP contribution in [0.4, 0.5) is 0 Å². The van der Waals surface area contributed by atoms with E-state index in [-0.39, 0.29) is 5.41 Å². The van der Waals surface area contributed by atoms with E-state index in [1.54, 1.807) is 0 Å². The molecule has 0 N–H and O–H groups in total. The summed E-state index contributed by atoms with van der Waals surface area (Å²) in [5, 5.41) is 2.54. The minimum atomic E-state index is -0.260. The summed E-state index contributed by atoms with van der Waals surface area (Å²) in [5.74, 6) is 0.768. The van der Waals surface area contributed by atoms with Crippen molar-refractivity contribution in [3.8, 4) is 44.9 Å². The first-order valence-corrected chi connectivity index (χ1v) is 12.8. The number of aromatic nitrogens is 2. The first-order valence-electron chi connectivity index (χ1n) is 12.8. The third kappa shape index (κ3) is 3.41. The van der Waals surface area contributed by atoms with Crippen molar-refractivity contribution in [1.29, 1.82) is 0 Å². The Balaban J connectivity index is 1.55. The summed E-state index contributed by atoms with van der Waals surface area (Å²) in [6.45, 7) is 4.60. The van der Waals surface area contributed by atoms with Gasteiger partial charge in [0.2, 0.25) is 0 Å². The van der Waals surface area contributed by atoms with Crippen LogP contribution in [0.5, 0.6) is 0 Å². The van der Waals surface area contributed by atoms with Gasteiger partial charge < -0.3 is 0 Å². The average molecular weight is 475 g/mol. The van der Waals surface area contributed by atoms with Gasteiger partial charge in [-0.3, -0.25) is 0 Å². The number of hydrogen-bond donors (Lipinski definition) is 0. The SMILES string of the molecule is CC1(C)c2nc(-c3ccccc3)nc(-c3cccc(-c4ccccc4)c3)c2-c2ccc3ccccc3c21. The van der Waals surface area contributed by atoms with Crippen molar-refractivity contribution < 1.29 is 0 Å². The van der Waals surface area contributed by atoms with E-state index >= 15 is 0 Å². The van der Waals surface area contributed by atoms with E-state index in [2.05, 4.69) is 129 Å². The lowest BCUT2D eigenvalue weighted by Crippen LogP contribution is -2.18. The van der Waals surface area contributed by atoms with Crippen LogP contribution in [0.15, 0.2) is 121 Å². The molecule has 1 heterocycles. The highest BCUT2D eigenvalue weighted by Gasteiger charge is 2.41. The Morgan fingerprint density at radius 2 is 1.19 bits per heavy atom. The predicted molar refractivity (Wildman–Crippen MR) is 153 cm³/mol. The van der Waals surface area contributed by atoms with Crippen LogP contribution in [0.2, 0.25) is 0 Å². The quantitative estimate of drug-likeness (QED) is 0.256. The Hall–Kier alpha value is -4.56. The Morgan fingerprint density at radius 1 is 0.541 bits per heavy atom. The molecule has 0 radical (unpaired) electrons. The summed E-state index contributed by atoms with van der Waals surface area (Å²) in [6.07, 6.45) is 0. The summed E-state index contributed by atoms with van der Waals surface area (Å²) in [6, 6.07) is 42.8. The van der Waals surface area contributed by atoms with Crippen molar-refractivity contribution in [2.75, 3.05) is 0 Å². The van der Waals surface area contributed by atoms with Gasteiger partial charge in [-0.2, -0.15) is 0 Å². The van der Waals surface area contributed by atoms with Crippen LogP contribution in [-0.4, -0.2) is 9.97 Å². The molecule has 1 aliphatic carbocycles. The highest BCUT2D eigenvalue weighted by atomic mass is 14.9. The molecular formula is C35H26N2. The predicted octanol–water partition coefficient (Wildman–Crippen LogP) is 8.94. The lowest BCUT2D eigenvalue weighted by atomic mass is 9.82. The van der Waals surface area contributed by atoms with Crippen LogP contribution < -0.4 is 0 Å². The first kappa shape index (κ1) is 21.7. The van der Waals surface area contributed by atoms with Gasteiger partial charge in [0.05, 0.1) is 11.4 Å². The molecule has 176 valence electrons. The minimum Gasteiger partial charge on any atom is -0.231 e. The highest BCUT2D eigenvalue weighted by molar-refractivity contribution is 6.00. The van der Waals surface area contributed by atoms with Crippen molar-refractivity contribution in [3.05, 3.63) is 133 Å². The molecule has 5 aromatic carbocycles. The van der Waals surface area contributed by atoms with E-state index in [0.717, 1.165) is 33.9 Å². The molecular weight excluding hydrogens is 448 g/mol. The summed E-state index contributed by atoms with van der Waals surface area (Å²) in [5.41, 5.74) is 10.1. The second kappa shape index (κ2) is 8.25. The average Bonchev–Trinajstić information content (AvgIpc) is 3.20. The second-order valence-corrected chi connectivity index (χ2v) is 10.3. The van der Waals surface area contributed by atoms with Gasteiger partial charge in [0.1, 0.15) is 0 Å². The van der Waals surface area contributed by atoms with Crippen molar-refractivity contribution in [3.63, 3.8) is 0 Å². The first-order chi connectivity index (χ1) is 18.1. The standard InChI is InChI=1S/C35H26N2/c1-35(2)31-28-19-10-9-14-24(28)20-21-29(31)30-32(36-34(37-33(30)35)25-15-7-4-8-16-25)27-18-11-17-26(22-27)23-12-5-3-6-13-23/h3-22H,1-2H3. The van der Waals surface area contributed by atoms with Gasteiger partial charge in [0.15, 0.2) is 5.82 Å². The van der Waals surface area contributed by atoms with E-state index in [4.69, 9.17) is 9.97 Å². The van der Waals surface area contributed by atoms with Crippen molar-refractivity contribution >= 4 is 10.8 Å². The summed E-state index contributed by atoms with van der Waals surface area (Å²) < 4.78 is 0. The molecule has 2 nitrogen and oxygen atoms in total. The maximum Gasteiger partial charge on any atom is 0.160 e.